The lowest BCUT2D eigenvalue weighted by atomic mass is 9.93. The molecular weight excluding hydrogens is 220 g/mol. The average Bonchev–Trinajstić information content (AvgIpc) is 2.36. The minimum Gasteiger partial charge on any atom is -0.455 e. The molecule has 0 radical (unpaired) electrons. The maximum atomic E-state index is 11.9. The molecule has 90 valence electrons. The first kappa shape index (κ1) is 11.9. The number of hydrogen-bond donors (Lipinski definition) is 0. The molecule has 16 heavy (non-hydrogen) atoms. The van der Waals surface area contributed by atoms with Gasteiger partial charge in [-0.1, -0.05) is 19.6 Å². The van der Waals surface area contributed by atoms with E-state index in [2.05, 4.69) is 19.6 Å². The van der Waals surface area contributed by atoms with Crippen LogP contribution < -0.4 is 0 Å². The molecule has 2 heterocycles. The second-order valence-electron chi connectivity index (χ2n) is 6.30. The molecule has 4 heteroatoms. The Morgan fingerprint density at radius 1 is 1.31 bits per heavy atom. The fourth-order valence-electron chi connectivity index (χ4n) is 2.45. The van der Waals surface area contributed by atoms with Gasteiger partial charge in [-0.15, -0.1) is 0 Å². The topological polar surface area (TPSA) is 35.5 Å². The molecule has 1 fully saturated rings. The fraction of sp³-hybridized carbons (Fsp3) is 0.750. The van der Waals surface area contributed by atoms with E-state index < -0.39 is 8.07 Å². The van der Waals surface area contributed by atoms with E-state index >= 15 is 0 Å². The van der Waals surface area contributed by atoms with Crippen molar-refractivity contribution in [2.45, 2.75) is 51.6 Å². The summed E-state index contributed by atoms with van der Waals surface area (Å²) in [6, 6.07) is 0. The SMILES string of the molecule is CC1(C)CC2OC(=O)C([Si](C)(C)C)=C2CO1. The number of carbonyl (C=O) groups excluding carboxylic acids is 1. The van der Waals surface area contributed by atoms with E-state index in [1.807, 2.05) is 13.8 Å². The van der Waals surface area contributed by atoms with Crippen molar-refractivity contribution >= 4 is 14.0 Å². The summed E-state index contributed by atoms with van der Waals surface area (Å²) in [5, 5.41) is 0.952. The summed E-state index contributed by atoms with van der Waals surface area (Å²) in [6.45, 7) is 11.2. The molecule has 0 amide bonds. The summed E-state index contributed by atoms with van der Waals surface area (Å²) in [5.41, 5.74) is 0.937. The number of esters is 1. The third kappa shape index (κ3) is 1.96. The van der Waals surface area contributed by atoms with Crippen molar-refractivity contribution in [3.63, 3.8) is 0 Å². The number of carbonyl (C=O) groups is 1. The standard InChI is InChI=1S/C12H20O3Si/c1-12(2)6-9-8(7-14-12)10(11(13)15-9)16(3,4)5/h9H,6-7H2,1-5H3. The molecule has 0 aliphatic carbocycles. The van der Waals surface area contributed by atoms with Gasteiger partial charge in [0, 0.05) is 17.2 Å². The molecule has 0 aromatic rings. The molecule has 0 aromatic heterocycles. The molecule has 0 saturated carbocycles. The summed E-state index contributed by atoms with van der Waals surface area (Å²) >= 11 is 0. The summed E-state index contributed by atoms with van der Waals surface area (Å²) in [5.74, 6) is -0.0968. The summed E-state index contributed by atoms with van der Waals surface area (Å²) < 4.78 is 11.3. The van der Waals surface area contributed by atoms with Crippen molar-refractivity contribution in [1.29, 1.82) is 0 Å². The average molecular weight is 240 g/mol. The van der Waals surface area contributed by atoms with Gasteiger partial charge in [0.15, 0.2) is 0 Å². The van der Waals surface area contributed by atoms with Gasteiger partial charge < -0.3 is 9.47 Å². The normalized spacial score (nSPS) is 29.1. The zero-order valence-electron chi connectivity index (χ0n) is 10.7. The molecule has 2 aliphatic rings. The number of fused-ring (bicyclic) bond motifs is 1. The smallest absolute Gasteiger partial charge is 0.330 e. The van der Waals surface area contributed by atoms with Crippen molar-refractivity contribution < 1.29 is 14.3 Å². The van der Waals surface area contributed by atoms with Crippen LogP contribution in [0.15, 0.2) is 10.8 Å². The predicted molar refractivity (Wildman–Crippen MR) is 64.9 cm³/mol. The van der Waals surface area contributed by atoms with Crippen LogP contribution in [0.3, 0.4) is 0 Å². The van der Waals surface area contributed by atoms with E-state index in [0.717, 1.165) is 17.2 Å². The van der Waals surface area contributed by atoms with Crippen LogP contribution in [0, 0.1) is 0 Å². The van der Waals surface area contributed by atoms with Crippen LogP contribution in [0.2, 0.25) is 19.6 Å². The van der Waals surface area contributed by atoms with Crippen LogP contribution >= 0.6 is 0 Å². The Morgan fingerprint density at radius 3 is 2.50 bits per heavy atom. The van der Waals surface area contributed by atoms with Gasteiger partial charge in [0.1, 0.15) is 6.10 Å². The summed E-state index contributed by atoms with van der Waals surface area (Å²) in [7, 11) is -1.62. The summed E-state index contributed by atoms with van der Waals surface area (Å²) in [4.78, 5) is 11.9. The zero-order valence-corrected chi connectivity index (χ0v) is 11.7. The minimum absolute atomic E-state index is 0.0297. The molecule has 2 aliphatic heterocycles. The van der Waals surface area contributed by atoms with Crippen LogP contribution in [0.5, 0.6) is 0 Å². The Hall–Kier alpha value is -0.613. The molecule has 0 spiro atoms. The van der Waals surface area contributed by atoms with E-state index in [9.17, 15) is 4.79 Å². The van der Waals surface area contributed by atoms with Crippen molar-refractivity contribution in [3.8, 4) is 0 Å². The lowest BCUT2D eigenvalue weighted by Gasteiger charge is -2.34. The van der Waals surface area contributed by atoms with Gasteiger partial charge in [-0.25, -0.2) is 4.79 Å². The van der Waals surface area contributed by atoms with Crippen molar-refractivity contribution in [3.05, 3.63) is 10.8 Å². The number of ether oxygens (including phenoxy) is 2. The Kier molecular flexibility index (Phi) is 2.55. The van der Waals surface area contributed by atoms with Crippen molar-refractivity contribution in [2.75, 3.05) is 6.61 Å². The Morgan fingerprint density at radius 2 is 1.94 bits per heavy atom. The van der Waals surface area contributed by atoms with Gasteiger partial charge in [0.2, 0.25) is 0 Å². The minimum atomic E-state index is -1.62. The molecule has 0 N–H and O–H groups in total. The monoisotopic (exact) mass is 240 g/mol. The van der Waals surface area contributed by atoms with Crippen LogP contribution in [0.4, 0.5) is 0 Å². The number of hydrogen-bond acceptors (Lipinski definition) is 3. The van der Waals surface area contributed by atoms with Crippen LogP contribution in [0.1, 0.15) is 20.3 Å². The third-order valence-electron chi connectivity index (χ3n) is 3.21. The van der Waals surface area contributed by atoms with Gasteiger partial charge in [-0.2, -0.15) is 0 Å². The Labute approximate surface area is 97.8 Å². The first-order chi connectivity index (χ1) is 7.21. The van der Waals surface area contributed by atoms with E-state index in [1.165, 1.54) is 0 Å². The first-order valence-corrected chi connectivity index (χ1v) is 9.29. The van der Waals surface area contributed by atoms with E-state index in [1.54, 1.807) is 0 Å². The molecular formula is C12H20O3Si. The summed E-state index contributed by atoms with van der Waals surface area (Å²) in [6.07, 6.45) is 0.750. The predicted octanol–water partition coefficient (Wildman–Crippen LogP) is 2.28. The maximum absolute atomic E-state index is 11.9. The molecule has 3 nitrogen and oxygen atoms in total. The number of rotatable bonds is 1. The first-order valence-electron chi connectivity index (χ1n) is 5.79. The molecule has 0 aromatic carbocycles. The van der Waals surface area contributed by atoms with Crippen molar-refractivity contribution in [2.24, 2.45) is 0 Å². The lowest BCUT2D eigenvalue weighted by Crippen LogP contribution is -2.38. The Bertz CT molecular complexity index is 363. The quantitative estimate of drug-likeness (QED) is 0.521. The van der Waals surface area contributed by atoms with E-state index in [4.69, 9.17) is 9.47 Å². The van der Waals surface area contributed by atoms with Crippen LogP contribution in [0.25, 0.3) is 0 Å². The van der Waals surface area contributed by atoms with Gasteiger partial charge >= 0.3 is 5.97 Å². The van der Waals surface area contributed by atoms with Crippen molar-refractivity contribution in [1.82, 2.24) is 0 Å². The largest absolute Gasteiger partial charge is 0.455 e. The zero-order chi connectivity index (χ0) is 12.1. The highest BCUT2D eigenvalue weighted by Gasteiger charge is 2.45. The van der Waals surface area contributed by atoms with Gasteiger partial charge in [-0.3, -0.25) is 0 Å². The molecule has 1 saturated heterocycles. The highest BCUT2D eigenvalue weighted by molar-refractivity contribution is 6.87. The van der Waals surface area contributed by atoms with Gasteiger partial charge in [-0.05, 0) is 13.8 Å². The lowest BCUT2D eigenvalue weighted by molar-refractivity contribution is -0.144. The fourth-order valence-corrected chi connectivity index (χ4v) is 4.32. The molecule has 2 rings (SSSR count). The molecule has 1 unspecified atom stereocenters. The van der Waals surface area contributed by atoms with Gasteiger partial charge in [0.05, 0.1) is 20.3 Å². The second-order valence-corrected chi connectivity index (χ2v) is 11.3. The highest BCUT2D eigenvalue weighted by Crippen LogP contribution is 2.38. The molecule has 1 atom stereocenters. The van der Waals surface area contributed by atoms with E-state index in [0.29, 0.717) is 6.61 Å². The van der Waals surface area contributed by atoms with Crippen LogP contribution in [-0.2, 0) is 14.3 Å². The molecule has 0 bridgehead atoms. The third-order valence-corrected chi connectivity index (χ3v) is 5.23. The highest BCUT2D eigenvalue weighted by atomic mass is 28.3. The maximum Gasteiger partial charge on any atom is 0.330 e. The second kappa shape index (κ2) is 3.44. The Balaban J connectivity index is 2.35. The van der Waals surface area contributed by atoms with Crippen LogP contribution in [-0.4, -0.2) is 32.4 Å². The van der Waals surface area contributed by atoms with Gasteiger partial charge in [0.25, 0.3) is 0 Å². The van der Waals surface area contributed by atoms with E-state index in [-0.39, 0.29) is 17.7 Å².